The van der Waals surface area contributed by atoms with Gasteiger partial charge in [-0.2, -0.15) is 0 Å². The second-order valence-electron chi connectivity index (χ2n) is 8.55. The van der Waals surface area contributed by atoms with Crippen LogP contribution in [-0.4, -0.2) is 33.4 Å². The highest BCUT2D eigenvalue weighted by Crippen LogP contribution is 2.42. The fourth-order valence-electron chi connectivity index (χ4n) is 3.67. The summed E-state index contributed by atoms with van der Waals surface area (Å²) in [4.78, 5) is 26.4. The molecule has 1 aliphatic heterocycles. The molecule has 8 heteroatoms. The van der Waals surface area contributed by atoms with Crippen LogP contribution in [0.3, 0.4) is 0 Å². The van der Waals surface area contributed by atoms with E-state index in [4.69, 9.17) is 4.74 Å². The maximum absolute atomic E-state index is 13.0. The number of rotatable bonds is 6. The largest absolute Gasteiger partial charge is 0.462 e. The van der Waals surface area contributed by atoms with Gasteiger partial charge < -0.3 is 9.64 Å². The molecule has 0 saturated carbocycles. The van der Waals surface area contributed by atoms with E-state index in [0.29, 0.717) is 6.54 Å². The monoisotopic (exact) mass is 444 g/mol. The molecule has 166 valence electrons. The molecular formula is C23H28N2O5S. The molecule has 1 aliphatic rings. The second kappa shape index (κ2) is 8.34. The van der Waals surface area contributed by atoms with Crippen LogP contribution in [0.2, 0.25) is 0 Å². The average molecular weight is 445 g/mol. The number of nitrogens with one attached hydrogen (secondary N) is 1. The van der Waals surface area contributed by atoms with Crippen LogP contribution in [0, 0.1) is 5.92 Å². The minimum atomic E-state index is -3.90. The Balaban J connectivity index is 1.93. The van der Waals surface area contributed by atoms with Crippen molar-refractivity contribution in [2.75, 3.05) is 22.8 Å². The second-order valence-corrected chi connectivity index (χ2v) is 10.2. The number of nitrogens with zero attached hydrogens (tertiary/aromatic N) is 1. The van der Waals surface area contributed by atoms with Crippen molar-refractivity contribution in [2.45, 2.75) is 44.9 Å². The molecule has 0 fully saturated rings. The molecule has 0 spiro atoms. The normalized spacial score (nSPS) is 15.0. The summed E-state index contributed by atoms with van der Waals surface area (Å²) in [5.41, 5.74) is 1.70. The molecule has 0 saturated heterocycles. The Kier molecular flexibility index (Phi) is 6.14. The van der Waals surface area contributed by atoms with Gasteiger partial charge in [0.25, 0.3) is 10.0 Å². The van der Waals surface area contributed by atoms with Crippen LogP contribution in [0.4, 0.5) is 11.4 Å². The summed E-state index contributed by atoms with van der Waals surface area (Å²) >= 11 is 0. The lowest BCUT2D eigenvalue weighted by Crippen LogP contribution is -2.36. The summed E-state index contributed by atoms with van der Waals surface area (Å²) in [5, 5.41) is 0. The molecule has 0 aromatic heterocycles. The third kappa shape index (κ3) is 4.58. The van der Waals surface area contributed by atoms with Gasteiger partial charge in [-0.25, -0.2) is 13.2 Å². The number of esters is 1. The lowest BCUT2D eigenvalue weighted by molar-refractivity contribution is -0.121. The van der Waals surface area contributed by atoms with Gasteiger partial charge in [-0.15, -0.1) is 0 Å². The molecule has 0 radical (unpaired) electrons. The van der Waals surface area contributed by atoms with E-state index in [0.717, 1.165) is 11.3 Å². The van der Waals surface area contributed by atoms with Crippen molar-refractivity contribution in [3.05, 3.63) is 53.6 Å². The van der Waals surface area contributed by atoms with Gasteiger partial charge in [-0.05, 0) is 48.9 Å². The summed E-state index contributed by atoms with van der Waals surface area (Å²) in [6.45, 7) is 10.1. The molecule has 1 heterocycles. The Morgan fingerprint density at radius 2 is 1.87 bits per heavy atom. The van der Waals surface area contributed by atoms with Gasteiger partial charge in [0, 0.05) is 29.3 Å². The van der Waals surface area contributed by atoms with Gasteiger partial charge in [-0.3, -0.25) is 9.52 Å². The predicted octanol–water partition coefficient (Wildman–Crippen LogP) is 3.94. The Bertz CT molecular complexity index is 1120. The van der Waals surface area contributed by atoms with Crippen LogP contribution in [0.1, 0.15) is 50.5 Å². The molecule has 1 amide bonds. The smallest absolute Gasteiger partial charge is 0.338 e. The first kappa shape index (κ1) is 22.8. The molecule has 3 rings (SSSR count). The number of benzene rings is 2. The van der Waals surface area contributed by atoms with E-state index in [9.17, 15) is 18.0 Å². The van der Waals surface area contributed by atoms with Crippen LogP contribution >= 0.6 is 0 Å². The quantitative estimate of drug-likeness (QED) is 0.681. The Hall–Kier alpha value is -2.87. The van der Waals surface area contributed by atoms with E-state index in [-0.39, 0.29) is 40.0 Å². The van der Waals surface area contributed by atoms with Crippen molar-refractivity contribution >= 4 is 33.3 Å². The summed E-state index contributed by atoms with van der Waals surface area (Å²) in [7, 11) is -3.90. The molecule has 31 heavy (non-hydrogen) atoms. The molecule has 1 N–H and O–H groups in total. The number of amides is 1. The van der Waals surface area contributed by atoms with Gasteiger partial charge in [-0.1, -0.05) is 33.8 Å². The highest BCUT2D eigenvalue weighted by molar-refractivity contribution is 7.92. The van der Waals surface area contributed by atoms with Crippen molar-refractivity contribution in [1.82, 2.24) is 0 Å². The zero-order valence-corrected chi connectivity index (χ0v) is 19.2. The Labute approximate surface area is 183 Å². The molecule has 0 aliphatic carbocycles. The van der Waals surface area contributed by atoms with Crippen LogP contribution in [0.5, 0.6) is 0 Å². The van der Waals surface area contributed by atoms with Gasteiger partial charge >= 0.3 is 5.97 Å². The van der Waals surface area contributed by atoms with Crippen molar-refractivity contribution in [1.29, 1.82) is 0 Å². The van der Waals surface area contributed by atoms with Gasteiger partial charge in [0.2, 0.25) is 5.91 Å². The van der Waals surface area contributed by atoms with Crippen molar-refractivity contribution in [3.63, 3.8) is 0 Å². The number of hydrogen-bond donors (Lipinski definition) is 1. The molecule has 0 unspecified atom stereocenters. The summed E-state index contributed by atoms with van der Waals surface area (Å²) < 4.78 is 33.6. The number of fused-ring (bicyclic) bond motifs is 1. The van der Waals surface area contributed by atoms with Crippen LogP contribution in [0.15, 0.2) is 47.4 Å². The molecule has 7 nitrogen and oxygen atoms in total. The van der Waals surface area contributed by atoms with Crippen LogP contribution in [-0.2, 0) is 25.0 Å². The summed E-state index contributed by atoms with van der Waals surface area (Å²) in [5.74, 6) is -0.660. The van der Waals surface area contributed by atoms with E-state index in [1.54, 1.807) is 42.2 Å². The van der Waals surface area contributed by atoms with Crippen molar-refractivity contribution in [2.24, 2.45) is 5.92 Å². The Morgan fingerprint density at radius 3 is 2.52 bits per heavy atom. The summed E-state index contributed by atoms with van der Waals surface area (Å²) in [6, 6.07) is 11.0. The third-order valence-electron chi connectivity index (χ3n) is 5.24. The maximum atomic E-state index is 13.0. The molecular weight excluding hydrogens is 416 g/mol. The third-order valence-corrected chi connectivity index (χ3v) is 6.62. The fourth-order valence-corrected chi connectivity index (χ4v) is 4.75. The number of sulfonamides is 1. The first-order chi connectivity index (χ1) is 14.5. The minimum Gasteiger partial charge on any atom is -0.462 e. The molecule has 2 aromatic carbocycles. The van der Waals surface area contributed by atoms with Crippen LogP contribution in [0.25, 0.3) is 0 Å². The zero-order valence-electron chi connectivity index (χ0n) is 18.4. The topological polar surface area (TPSA) is 92.8 Å². The fraction of sp³-hybridized carbons (Fsp3) is 0.391. The lowest BCUT2D eigenvalue weighted by Gasteiger charge is -2.22. The Morgan fingerprint density at radius 1 is 1.16 bits per heavy atom. The van der Waals surface area contributed by atoms with Crippen molar-refractivity contribution in [3.8, 4) is 0 Å². The van der Waals surface area contributed by atoms with E-state index in [2.05, 4.69) is 4.72 Å². The van der Waals surface area contributed by atoms with E-state index in [1.165, 1.54) is 12.1 Å². The van der Waals surface area contributed by atoms with Gasteiger partial charge in [0.15, 0.2) is 0 Å². The molecule has 2 aromatic rings. The number of carbonyl (C=O) groups excluding carboxylic acids is 2. The highest BCUT2D eigenvalue weighted by atomic mass is 32.2. The van der Waals surface area contributed by atoms with Gasteiger partial charge in [0.1, 0.15) is 0 Å². The molecule has 0 atom stereocenters. The average Bonchev–Trinajstić information content (AvgIpc) is 2.98. The lowest BCUT2D eigenvalue weighted by atomic mass is 9.87. The molecule has 0 bridgehead atoms. The van der Waals surface area contributed by atoms with Gasteiger partial charge in [0.05, 0.1) is 17.1 Å². The van der Waals surface area contributed by atoms with E-state index >= 15 is 0 Å². The summed E-state index contributed by atoms with van der Waals surface area (Å²) in [6.07, 6.45) is 0. The zero-order chi connectivity index (χ0) is 23.0. The minimum absolute atomic E-state index is 0.0105. The van der Waals surface area contributed by atoms with Crippen molar-refractivity contribution < 1.29 is 22.7 Å². The van der Waals surface area contributed by atoms with Crippen LogP contribution < -0.4 is 9.62 Å². The maximum Gasteiger partial charge on any atom is 0.338 e. The first-order valence-corrected chi connectivity index (χ1v) is 11.7. The first-order valence-electron chi connectivity index (χ1n) is 10.2. The predicted molar refractivity (Wildman–Crippen MR) is 120 cm³/mol. The standard InChI is InChI=1S/C23H28N2O5S/c1-6-30-22(27)16-8-7-9-17(12-16)24-31(28,29)18-10-11-20-19(13-18)23(4,5)14-25(20)21(26)15(2)3/h7-13,15,24H,6,14H2,1-5H3. The van der Waals surface area contributed by atoms with E-state index < -0.39 is 16.0 Å². The number of anilines is 2. The number of ether oxygens (including phenoxy) is 1. The SMILES string of the molecule is CCOC(=O)c1cccc(NS(=O)(=O)c2ccc3c(c2)C(C)(C)CN3C(=O)C(C)C)c1. The highest BCUT2D eigenvalue weighted by Gasteiger charge is 2.39. The van der Waals surface area contributed by atoms with E-state index in [1.807, 2.05) is 27.7 Å². The number of carbonyl (C=O) groups is 2. The number of hydrogen-bond acceptors (Lipinski definition) is 5.